The highest BCUT2D eigenvalue weighted by Crippen LogP contribution is 2.25. The minimum absolute atomic E-state index is 0.138. The number of nitrogens with zero attached hydrogens (tertiary/aromatic N) is 6. The number of hydrogen-bond acceptors (Lipinski definition) is 7. The lowest BCUT2D eigenvalue weighted by Gasteiger charge is -2.11. The monoisotopic (exact) mass is 466 g/mol. The van der Waals surface area contributed by atoms with Crippen molar-refractivity contribution < 1.29 is 4.52 Å². The molecule has 34 heavy (non-hydrogen) atoms. The van der Waals surface area contributed by atoms with Gasteiger partial charge in [0.05, 0.1) is 22.3 Å². The van der Waals surface area contributed by atoms with E-state index in [1.807, 2.05) is 89.3 Å². The molecule has 0 aliphatic heterocycles. The van der Waals surface area contributed by atoms with E-state index in [0.29, 0.717) is 40.2 Å². The molecular weight excluding hydrogens is 448 g/mol. The highest BCUT2D eigenvalue weighted by Gasteiger charge is 2.18. The van der Waals surface area contributed by atoms with E-state index >= 15 is 0 Å². The van der Waals surface area contributed by atoms with E-state index in [9.17, 15) is 4.79 Å². The predicted octanol–water partition coefficient (Wildman–Crippen LogP) is 4.30. The van der Waals surface area contributed by atoms with E-state index in [-0.39, 0.29) is 5.56 Å². The molecule has 3 aromatic carbocycles. The molecule has 8 nitrogen and oxygen atoms in total. The molecule has 6 rings (SSSR count). The van der Waals surface area contributed by atoms with Crippen molar-refractivity contribution in [3.63, 3.8) is 0 Å². The summed E-state index contributed by atoms with van der Waals surface area (Å²) in [5, 5.41) is 14.1. The zero-order chi connectivity index (χ0) is 22.9. The first-order chi connectivity index (χ1) is 16.8. The van der Waals surface area contributed by atoms with Crippen LogP contribution in [-0.4, -0.2) is 29.3 Å². The van der Waals surface area contributed by atoms with Gasteiger partial charge in [-0.2, -0.15) is 4.98 Å². The number of aromatic nitrogens is 6. The predicted molar refractivity (Wildman–Crippen MR) is 129 cm³/mol. The molecule has 0 atom stereocenters. The molecule has 0 saturated carbocycles. The second-order valence-corrected chi connectivity index (χ2v) is 8.61. The highest BCUT2D eigenvalue weighted by atomic mass is 32.2. The van der Waals surface area contributed by atoms with Gasteiger partial charge in [-0.05, 0) is 29.8 Å². The molecule has 3 aromatic heterocycles. The van der Waals surface area contributed by atoms with Crippen LogP contribution in [0.15, 0.2) is 99.4 Å². The Bertz CT molecular complexity index is 1660. The van der Waals surface area contributed by atoms with Crippen LogP contribution in [0, 0.1) is 0 Å². The topological polar surface area (TPSA) is 91.1 Å². The summed E-state index contributed by atoms with van der Waals surface area (Å²) in [6, 6.07) is 26.9. The Morgan fingerprint density at radius 3 is 2.41 bits per heavy atom. The maximum Gasteiger partial charge on any atom is 0.267 e. The first kappa shape index (κ1) is 20.4. The van der Waals surface area contributed by atoms with Crippen molar-refractivity contribution in [2.45, 2.75) is 17.3 Å². The van der Waals surface area contributed by atoms with E-state index in [1.54, 1.807) is 4.57 Å². The Morgan fingerprint density at radius 1 is 0.853 bits per heavy atom. The molecule has 6 aromatic rings. The minimum Gasteiger partial charge on any atom is -0.338 e. The van der Waals surface area contributed by atoms with Crippen molar-refractivity contribution in [2.24, 2.45) is 0 Å². The fourth-order valence-electron chi connectivity index (χ4n) is 3.91. The smallest absolute Gasteiger partial charge is 0.267 e. The number of fused-ring (bicyclic) bond motifs is 3. The van der Waals surface area contributed by atoms with Gasteiger partial charge in [-0.15, -0.1) is 10.2 Å². The molecule has 0 saturated heterocycles. The van der Waals surface area contributed by atoms with Crippen LogP contribution in [0.3, 0.4) is 0 Å². The molecule has 0 aliphatic carbocycles. The first-order valence-corrected chi connectivity index (χ1v) is 11.7. The van der Waals surface area contributed by atoms with Crippen LogP contribution >= 0.6 is 11.8 Å². The average molecular weight is 467 g/mol. The van der Waals surface area contributed by atoms with Crippen LogP contribution < -0.4 is 5.56 Å². The normalized spacial score (nSPS) is 11.4. The molecule has 0 amide bonds. The minimum atomic E-state index is -0.138. The maximum absolute atomic E-state index is 13.3. The van der Waals surface area contributed by atoms with E-state index < -0.39 is 0 Å². The standard InChI is InChI=1S/C25H18N6O2S/c32-23-19-13-7-8-14-20(19)31-24(30(23)18-11-5-2-6-12-18)27-28-25(31)34-16-22-26-21(29-33-22)15-17-9-3-1-4-10-17/h1-14H,15-16H2. The fraction of sp³-hybridized carbons (Fsp3) is 0.0800. The van der Waals surface area contributed by atoms with Gasteiger partial charge in [-0.3, -0.25) is 9.20 Å². The molecule has 0 aliphatic rings. The molecule has 9 heteroatoms. The largest absolute Gasteiger partial charge is 0.338 e. The highest BCUT2D eigenvalue weighted by molar-refractivity contribution is 7.98. The van der Waals surface area contributed by atoms with Crippen molar-refractivity contribution >= 4 is 28.4 Å². The molecule has 0 unspecified atom stereocenters. The van der Waals surface area contributed by atoms with Gasteiger partial charge in [0.25, 0.3) is 5.56 Å². The average Bonchev–Trinajstić information content (AvgIpc) is 3.51. The molecule has 166 valence electrons. The summed E-state index contributed by atoms with van der Waals surface area (Å²) >= 11 is 1.43. The Kier molecular flexibility index (Phi) is 5.15. The number of rotatable bonds is 6. The fourth-order valence-corrected chi connectivity index (χ4v) is 4.68. The van der Waals surface area contributed by atoms with Crippen LogP contribution in [0.1, 0.15) is 17.3 Å². The summed E-state index contributed by atoms with van der Waals surface area (Å²) in [4.78, 5) is 17.8. The van der Waals surface area contributed by atoms with Crippen molar-refractivity contribution in [1.29, 1.82) is 0 Å². The van der Waals surface area contributed by atoms with Crippen molar-refractivity contribution in [1.82, 2.24) is 29.3 Å². The van der Waals surface area contributed by atoms with Gasteiger partial charge in [0.2, 0.25) is 11.7 Å². The van der Waals surface area contributed by atoms with Gasteiger partial charge >= 0.3 is 0 Å². The lowest BCUT2D eigenvalue weighted by Crippen LogP contribution is -2.21. The number of benzene rings is 3. The first-order valence-electron chi connectivity index (χ1n) is 10.7. The van der Waals surface area contributed by atoms with Gasteiger partial charge in [0.15, 0.2) is 11.0 Å². The summed E-state index contributed by atoms with van der Waals surface area (Å²) < 4.78 is 8.94. The Hall–Kier alpha value is -4.24. The van der Waals surface area contributed by atoms with Crippen molar-refractivity contribution in [2.75, 3.05) is 0 Å². The van der Waals surface area contributed by atoms with Gasteiger partial charge < -0.3 is 4.52 Å². The summed E-state index contributed by atoms with van der Waals surface area (Å²) in [5.74, 6) is 2.03. The molecule has 3 heterocycles. The maximum atomic E-state index is 13.3. The van der Waals surface area contributed by atoms with Gasteiger partial charge in [0, 0.05) is 6.42 Å². The third kappa shape index (κ3) is 3.65. The third-order valence-corrected chi connectivity index (χ3v) is 6.36. The van der Waals surface area contributed by atoms with Crippen LogP contribution in [0.25, 0.3) is 22.4 Å². The molecule has 0 spiro atoms. The zero-order valence-corrected chi connectivity index (χ0v) is 18.7. The second kappa shape index (κ2) is 8.60. The summed E-state index contributed by atoms with van der Waals surface area (Å²) in [5.41, 5.74) is 2.46. The molecular formula is C25H18N6O2S. The lowest BCUT2D eigenvalue weighted by atomic mass is 10.1. The number of hydrogen-bond donors (Lipinski definition) is 0. The van der Waals surface area contributed by atoms with Crippen LogP contribution in [0.2, 0.25) is 0 Å². The Balaban J connectivity index is 1.36. The van der Waals surface area contributed by atoms with Crippen LogP contribution in [0.4, 0.5) is 0 Å². The van der Waals surface area contributed by atoms with Gasteiger partial charge in [-0.25, -0.2) is 4.57 Å². The zero-order valence-electron chi connectivity index (χ0n) is 17.9. The van der Waals surface area contributed by atoms with E-state index in [2.05, 4.69) is 20.3 Å². The second-order valence-electron chi connectivity index (χ2n) is 7.67. The molecule has 0 fully saturated rings. The Morgan fingerprint density at radius 2 is 1.59 bits per heavy atom. The van der Waals surface area contributed by atoms with Crippen LogP contribution in [-0.2, 0) is 12.2 Å². The molecule has 0 radical (unpaired) electrons. The summed E-state index contributed by atoms with van der Waals surface area (Å²) in [7, 11) is 0. The summed E-state index contributed by atoms with van der Waals surface area (Å²) in [6.45, 7) is 0. The lowest BCUT2D eigenvalue weighted by molar-refractivity contribution is 0.385. The van der Waals surface area contributed by atoms with Crippen LogP contribution in [0.5, 0.6) is 0 Å². The Labute approximate surface area is 197 Å². The number of thioether (sulfide) groups is 1. The molecule has 0 N–H and O–H groups in total. The van der Waals surface area contributed by atoms with E-state index in [0.717, 1.165) is 16.8 Å². The number of para-hydroxylation sites is 2. The van der Waals surface area contributed by atoms with Gasteiger partial charge in [-0.1, -0.05) is 77.6 Å². The van der Waals surface area contributed by atoms with Crippen molar-refractivity contribution in [3.8, 4) is 5.69 Å². The quantitative estimate of drug-likeness (QED) is 0.338. The van der Waals surface area contributed by atoms with E-state index in [1.165, 1.54) is 11.8 Å². The molecule has 0 bridgehead atoms. The SMILES string of the molecule is O=c1c2ccccc2n2c(SCc3nc(Cc4ccccc4)no3)nnc2n1-c1ccccc1. The van der Waals surface area contributed by atoms with Gasteiger partial charge in [0.1, 0.15) is 0 Å². The van der Waals surface area contributed by atoms with E-state index in [4.69, 9.17) is 4.52 Å². The summed E-state index contributed by atoms with van der Waals surface area (Å²) in [6.07, 6.45) is 0.608. The van der Waals surface area contributed by atoms with Crippen molar-refractivity contribution in [3.05, 3.63) is 113 Å². The third-order valence-electron chi connectivity index (χ3n) is 5.45.